The lowest BCUT2D eigenvalue weighted by Crippen LogP contribution is -2.15. The second-order valence-corrected chi connectivity index (χ2v) is 6.67. The number of hydrogen-bond donors (Lipinski definition) is 1. The Morgan fingerprint density at radius 2 is 2.15 bits per heavy atom. The van der Waals surface area contributed by atoms with Crippen molar-refractivity contribution in [3.05, 3.63) is 22.2 Å². The molecular weight excluding hydrogens is 338 g/mol. The molecule has 0 spiro atoms. The number of benzene rings is 1. The van der Waals surface area contributed by atoms with Crippen LogP contribution in [0.3, 0.4) is 0 Å². The molecule has 0 aromatic heterocycles. The molecule has 0 saturated heterocycles. The van der Waals surface area contributed by atoms with Crippen LogP contribution in [-0.2, 0) is 6.54 Å². The predicted molar refractivity (Wildman–Crippen MR) is 89.0 cm³/mol. The average molecular weight is 360 g/mol. The summed E-state index contributed by atoms with van der Waals surface area (Å²) in [7, 11) is 0. The minimum absolute atomic E-state index is 0.644. The van der Waals surface area contributed by atoms with E-state index in [1.807, 2.05) is 6.92 Å². The van der Waals surface area contributed by atoms with E-state index in [1.54, 1.807) is 11.8 Å². The van der Waals surface area contributed by atoms with E-state index in [2.05, 4.69) is 39.6 Å². The van der Waals surface area contributed by atoms with E-state index in [4.69, 9.17) is 9.47 Å². The highest BCUT2D eigenvalue weighted by Gasteiger charge is 2.20. The van der Waals surface area contributed by atoms with E-state index in [0.717, 1.165) is 28.3 Å². The fourth-order valence-electron chi connectivity index (χ4n) is 1.90. The summed E-state index contributed by atoms with van der Waals surface area (Å²) in [4.78, 5) is 0. The first-order valence-corrected chi connectivity index (χ1v) is 9.23. The van der Waals surface area contributed by atoms with Crippen LogP contribution in [0.15, 0.2) is 16.6 Å². The zero-order valence-electron chi connectivity index (χ0n) is 12.1. The minimum atomic E-state index is 0.644. The predicted octanol–water partition coefficient (Wildman–Crippen LogP) is 3.84. The topological polar surface area (TPSA) is 30.5 Å². The third kappa shape index (κ3) is 4.86. The lowest BCUT2D eigenvalue weighted by molar-refractivity contribution is 0.287. The van der Waals surface area contributed by atoms with Crippen molar-refractivity contribution in [1.29, 1.82) is 0 Å². The second kappa shape index (κ2) is 8.15. The van der Waals surface area contributed by atoms with Gasteiger partial charge in [0.15, 0.2) is 11.5 Å². The molecule has 0 atom stereocenters. The van der Waals surface area contributed by atoms with E-state index < -0.39 is 0 Å². The van der Waals surface area contributed by atoms with E-state index in [9.17, 15) is 0 Å². The van der Waals surface area contributed by atoms with Crippen LogP contribution in [0.5, 0.6) is 11.5 Å². The Morgan fingerprint density at radius 3 is 2.80 bits per heavy atom. The Hall–Kier alpha value is -0.390. The summed E-state index contributed by atoms with van der Waals surface area (Å²) in [5.41, 5.74) is 1.23. The van der Waals surface area contributed by atoms with E-state index in [1.165, 1.54) is 18.4 Å². The Labute approximate surface area is 133 Å². The molecule has 1 saturated carbocycles. The summed E-state index contributed by atoms with van der Waals surface area (Å²) in [6.07, 6.45) is 4.68. The molecule has 5 heteroatoms. The Kier molecular flexibility index (Phi) is 6.52. The molecule has 0 unspecified atom stereocenters. The van der Waals surface area contributed by atoms with Crippen molar-refractivity contribution in [2.45, 2.75) is 32.4 Å². The van der Waals surface area contributed by atoms with Crippen LogP contribution in [0.1, 0.15) is 25.3 Å². The van der Waals surface area contributed by atoms with E-state index in [-0.39, 0.29) is 0 Å². The SMILES string of the molecule is CCOc1cc(CNC2CC2)cc(Br)c1OCCSC. The Bertz CT molecular complexity index is 438. The van der Waals surface area contributed by atoms with Gasteiger partial charge >= 0.3 is 0 Å². The van der Waals surface area contributed by atoms with Gasteiger partial charge in [-0.1, -0.05) is 0 Å². The van der Waals surface area contributed by atoms with Crippen molar-refractivity contribution in [1.82, 2.24) is 5.32 Å². The standard InChI is InChI=1S/C15H22BrNO2S/c1-3-18-14-9-11(10-17-12-4-5-12)8-13(16)15(14)19-6-7-20-2/h8-9,12,17H,3-7,10H2,1-2H3. The monoisotopic (exact) mass is 359 g/mol. The third-order valence-electron chi connectivity index (χ3n) is 3.08. The molecule has 1 aromatic rings. The zero-order chi connectivity index (χ0) is 14.4. The van der Waals surface area contributed by atoms with Crippen molar-refractivity contribution in [3.63, 3.8) is 0 Å². The highest BCUT2D eigenvalue weighted by molar-refractivity contribution is 9.10. The largest absolute Gasteiger partial charge is 0.490 e. The van der Waals surface area contributed by atoms with Gasteiger partial charge in [-0.05, 0) is 59.6 Å². The molecule has 3 nitrogen and oxygen atoms in total. The second-order valence-electron chi connectivity index (χ2n) is 4.83. The van der Waals surface area contributed by atoms with Crippen molar-refractivity contribution in [3.8, 4) is 11.5 Å². The van der Waals surface area contributed by atoms with Crippen LogP contribution in [0.2, 0.25) is 0 Å². The third-order valence-corrected chi connectivity index (χ3v) is 4.24. The van der Waals surface area contributed by atoms with Gasteiger partial charge in [0.2, 0.25) is 0 Å². The van der Waals surface area contributed by atoms with Crippen molar-refractivity contribution >= 4 is 27.7 Å². The molecule has 0 bridgehead atoms. The minimum Gasteiger partial charge on any atom is -0.490 e. The highest BCUT2D eigenvalue weighted by Crippen LogP contribution is 2.37. The van der Waals surface area contributed by atoms with Crippen molar-refractivity contribution in [2.24, 2.45) is 0 Å². The van der Waals surface area contributed by atoms with Crippen LogP contribution >= 0.6 is 27.7 Å². The molecule has 2 rings (SSSR count). The Morgan fingerprint density at radius 1 is 1.35 bits per heavy atom. The maximum Gasteiger partial charge on any atom is 0.175 e. The smallest absolute Gasteiger partial charge is 0.175 e. The molecule has 20 heavy (non-hydrogen) atoms. The molecule has 0 heterocycles. The van der Waals surface area contributed by atoms with Gasteiger partial charge in [0, 0.05) is 18.3 Å². The molecule has 112 valence electrons. The molecule has 1 aliphatic carbocycles. The molecule has 1 aromatic carbocycles. The maximum absolute atomic E-state index is 5.84. The summed E-state index contributed by atoms with van der Waals surface area (Å²) in [5, 5.41) is 3.52. The van der Waals surface area contributed by atoms with E-state index >= 15 is 0 Å². The van der Waals surface area contributed by atoms with Gasteiger partial charge in [-0.2, -0.15) is 11.8 Å². The molecule has 0 amide bonds. The molecule has 1 N–H and O–H groups in total. The summed E-state index contributed by atoms with van der Waals surface area (Å²) in [5.74, 6) is 2.62. The van der Waals surface area contributed by atoms with Gasteiger partial charge in [0.1, 0.15) is 0 Å². The molecule has 1 fully saturated rings. The number of thioether (sulfide) groups is 1. The van der Waals surface area contributed by atoms with Gasteiger partial charge in [0.05, 0.1) is 17.7 Å². The quantitative estimate of drug-likeness (QED) is 0.678. The molecular formula is C15H22BrNO2S. The van der Waals surface area contributed by atoms with Crippen LogP contribution in [0, 0.1) is 0 Å². The van der Waals surface area contributed by atoms with E-state index in [0.29, 0.717) is 19.3 Å². The molecule has 0 aliphatic heterocycles. The average Bonchev–Trinajstić information content (AvgIpc) is 3.24. The Balaban J connectivity index is 2.07. The summed E-state index contributed by atoms with van der Waals surface area (Å²) >= 11 is 5.38. The van der Waals surface area contributed by atoms with Gasteiger partial charge in [-0.25, -0.2) is 0 Å². The highest BCUT2D eigenvalue weighted by atomic mass is 79.9. The maximum atomic E-state index is 5.84. The summed E-state index contributed by atoms with van der Waals surface area (Å²) < 4.78 is 12.5. The van der Waals surface area contributed by atoms with Crippen LogP contribution < -0.4 is 14.8 Å². The number of hydrogen-bond acceptors (Lipinski definition) is 4. The van der Waals surface area contributed by atoms with Crippen LogP contribution in [0.25, 0.3) is 0 Å². The van der Waals surface area contributed by atoms with Gasteiger partial charge in [-0.3, -0.25) is 0 Å². The number of rotatable bonds is 9. The van der Waals surface area contributed by atoms with Crippen LogP contribution in [-0.4, -0.2) is 31.3 Å². The van der Waals surface area contributed by atoms with Crippen molar-refractivity contribution < 1.29 is 9.47 Å². The number of nitrogens with one attached hydrogen (secondary N) is 1. The zero-order valence-corrected chi connectivity index (χ0v) is 14.5. The molecule has 1 aliphatic rings. The first-order chi connectivity index (χ1) is 9.74. The molecule has 0 radical (unpaired) electrons. The summed E-state index contributed by atoms with van der Waals surface area (Å²) in [6.45, 7) is 4.22. The van der Waals surface area contributed by atoms with Gasteiger partial charge in [-0.15, -0.1) is 0 Å². The lowest BCUT2D eigenvalue weighted by atomic mass is 10.2. The number of halogens is 1. The van der Waals surface area contributed by atoms with Crippen LogP contribution in [0.4, 0.5) is 0 Å². The number of ether oxygens (including phenoxy) is 2. The lowest BCUT2D eigenvalue weighted by Gasteiger charge is -2.15. The van der Waals surface area contributed by atoms with Gasteiger partial charge < -0.3 is 14.8 Å². The van der Waals surface area contributed by atoms with Gasteiger partial charge in [0.25, 0.3) is 0 Å². The summed E-state index contributed by atoms with van der Waals surface area (Å²) in [6, 6.07) is 4.91. The fraction of sp³-hybridized carbons (Fsp3) is 0.600. The normalized spacial score (nSPS) is 14.3. The van der Waals surface area contributed by atoms with Crippen molar-refractivity contribution in [2.75, 3.05) is 25.2 Å². The first kappa shape index (κ1) is 16.0. The fourth-order valence-corrected chi connectivity index (χ4v) is 2.76. The first-order valence-electron chi connectivity index (χ1n) is 7.05.